The van der Waals surface area contributed by atoms with Gasteiger partial charge in [-0.1, -0.05) is 66.7 Å². The molecule has 1 atom stereocenters. The van der Waals surface area contributed by atoms with Crippen molar-refractivity contribution in [3.63, 3.8) is 0 Å². The molecule has 0 spiro atoms. The van der Waals surface area contributed by atoms with Crippen molar-refractivity contribution in [1.29, 1.82) is 0 Å². The van der Waals surface area contributed by atoms with E-state index in [2.05, 4.69) is 29.2 Å². The van der Waals surface area contributed by atoms with Crippen LogP contribution in [-0.4, -0.2) is 49.5 Å². The van der Waals surface area contributed by atoms with Crippen molar-refractivity contribution in [3.8, 4) is 11.5 Å². The second-order valence-corrected chi connectivity index (χ2v) is 7.86. The minimum atomic E-state index is -0.600. The minimum Gasteiger partial charge on any atom is -0.486 e. The van der Waals surface area contributed by atoms with Crippen molar-refractivity contribution in [2.45, 2.75) is 18.8 Å². The number of hydrogen-bond acceptors (Lipinski definition) is 5. The maximum Gasteiger partial charge on any atom is 0.161 e. The Kier molecular flexibility index (Phi) is 7.20. The number of benzene rings is 3. The Bertz CT molecular complexity index is 909. The molecule has 162 valence electrons. The largest absolute Gasteiger partial charge is 0.486 e. The van der Waals surface area contributed by atoms with Crippen LogP contribution in [0.5, 0.6) is 11.5 Å². The van der Waals surface area contributed by atoms with Crippen LogP contribution in [0.2, 0.25) is 0 Å². The molecule has 4 rings (SSSR count). The summed E-state index contributed by atoms with van der Waals surface area (Å²) < 4.78 is 17.4. The first-order valence-electron chi connectivity index (χ1n) is 10.7. The predicted octanol–water partition coefficient (Wildman–Crippen LogP) is 4.06. The summed E-state index contributed by atoms with van der Waals surface area (Å²) in [6, 6.07) is 26.2. The SMILES string of the molecule is CN(Cc1ccc2c(c1)OCCO2)C[C@H](O)COC(c1ccccc1)c1ccccc1. The zero-order valence-electron chi connectivity index (χ0n) is 17.8. The van der Waals surface area contributed by atoms with Crippen LogP contribution >= 0.6 is 0 Å². The summed E-state index contributed by atoms with van der Waals surface area (Å²) in [5.41, 5.74) is 3.27. The highest BCUT2D eigenvalue weighted by atomic mass is 16.6. The molecule has 3 aromatic rings. The van der Waals surface area contributed by atoms with E-state index in [1.54, 1.807) is 0 Å². The molecular formula is C26H29NO4. The van der Waals surface area contributed by atoms with Crippen molar-refractivity contribution in [3.05, 3.63) is 95.6 Å². The fourth-order valence-electron chi connectivity index (χ4n) is 3.82. The molecule has 1 N–H and O–H groups in total. The van der Waals surface area contributed by atoms with Gasteiger partial charge in [0.05, 0.1) is 12.7 Å². The molecule has 0 saturated carbocycles. The van der Waals surface area contributed by atoms with Gasteiger partial charge in [-0.15, -0.1) is 0 Å². The lowest BCUT2D eigenvalue weighted by Crippen LogP contribution is -2.32. The quantitative estimate of drug-likeness (QED) is 0.567. The number of likely N-dealkylation sites (N-methyl/N-ethyl adjacent to an activating group) is 1. The molecular weight excluding hydrogens is 390 g/mol. The van der Waals surface area contributed by atoms with Gasteiger partial charge in [0.15, 0.2) is 11.5 Å². The molecule has 1 aliphatic heterocycles. The van der Waals surface area contributed by atoms with E-state index in [1.807, 2.05) is 61.6 Å². The van der Waals surface area contributed by atoms with Gasteiger partial charge in [0.25, 0.3) is 0 Å². The fourth-order valence-corrected chi connectivity index (χ4v) is 3.82. The van der Waals surface area contributed by atoms with Crippen LogP contribution < -0.4 is 9.47 Å². The Morgan fingerprint density at radius 2 is 1.48 bits per heavy atom. The van der Waals surface area contributed by atoms with Gasteiger partial charge < -0.3 is 19.3 Å². The highest BCUT2D eigenvalue weighted by Gasteiger charge is 2.18. The van der Waals surface area contributed by atoms with Crippen LogP contribution in [0.15, 0.2) is 78.9 Å². The third-order valence-electron chi connectivity index (χ3n) is 5.24. The molecule has 1 heterocycles. The van der Waals surface area contributed by atoms with E-state index < -0.39 is 6.10 Å². The third kappa shape index (κ3) is 5.85. The van der Waals surface area contributed by atoms with Gasteiger partial charge in [0, 0.05) is 13.1 Å². The first kappa shape index (κ1) is 21.4. The average Bonchev–Trinajstić information content (AvgIpc) is 2.80. The van der Waals surface area contributed by atoms with Gasteiger partial charge in [-0.05, 0) is 35.9 Å². The van der Waals surface area contributed by atoms with E-state index in [-0.39, 0.29) is 12.7 Å². The minimum absolute atomic E-state index is 0.208. The summed E-state index contributed by atoms with van der Waals surface area (Å²) in [6.07, 6.45) is -0.808. The molecule has 5 nitrogen and oxygen atoms in total. The summed E-state index contributed by atoms with van der Waals surface area (Å²) in [5, 5.41) is 10.6. The summed E-state index contributed by atoms with van der Waals surface area (Å²) in [6.45, 7) is 2.62. The van der Waals surface area contributed by atoms with Crippen molar-refractivity contribution >= 4 is 0 Å². The fraction of sp³-hybridized carbons (Fsp3) is 0.308. The normalized spacial score (nSPS) is 14.1. The summed E-state index contributed by atoms with van der Waals surface area (Å²) >= 11 is 0. The molecule has 0 bridgehead atoms. The summed E-state index contributed by atoms with van der Waals surface area (Å²) in [4.78, 5) is 2.08. The lowest BCUT2D eigenvalue weighted by molar-refractivity contribution is -0.00626. The molecule has 3 aromatic carbocycles. The van der Waals surface area contributed by atoms with E-state index in [0.29, 0.717) is 26.3 Å². The van der Waals surface area contributed by atoms with Gasteiger partial charge in [0.2, 0.25) is 0 Å². The van der Waals surface area contributed by atoms with Crippen molar-refractivity contribution < 1.29 is 19.3 Å². The predicted molar refractivity (Wildman–Crippen MR) is 120 cm³/mol. The van der Waals surface area contributed by atoms with E-state index >= 15 is 0 Å². The van der Waals surface area contributed by atoms with Crippen molar-refractivity contribution in [2.24, 2.45) is 0 Å². The molecule has 0 amide bonds. The maximum absolute atomic E-state index is 10.6. The van der Waals surface area contributed by atoms with Gasteiger partial charge in [0.1, 0.15) is 19.3 Å². The summed E-state index contributed by atoms with van der Waals surface area (Å²) in [5.74, 6) is 1.58. The lowest BCUT2D eigenvalue weighted by atomic mass is 10.0. The molecule has 1 aliphatic rings. The zero-order chi connectivity index (χ0) is 21.5. The molecule has 0 saturated heterocycles. The third-order valence-corrected chi connectivity index (χ3v) is 5.24. The molecule has 0 fully saturated rings. The number of aliphatic hydroxyl groups excluding tert-OH is 1. The van der Waals surface area contributed by atoms with Gasteiger partial charge in [-0.25, -0.2) is 0 Å². The maximum atomic E-state index is 10.6. The van der Waals surface area contributed by atoms with Gasteiger partial charge in [-0.3, -0.25) is 4.90 Å². The lowest BCUT2D eigenvalue weighted by Gasteiger charge is -2.24. The van der Waals surface area contributed by atoms with Crippen LogP contribution in [0.1, 0.15) is 22.8 Å². The molecule has 0 aliphatic carbocycles. The van der Waals surface area contributed by atoms with E-state index in [1.165, 1.54) is 0 Å². The second kappa shape index (κ2) is 10.4. The first-order chi connectivity index (χ1) is 15.2. The highest BCUT2D eigenvalue weighted by Crippen LogP contribution is 2.31. The molecule has 31 heavy (non-hydrogen) atoms. The molecule has 0 aromatic heterocycles. The van der Waals surface area contributed by atoms with Crippen LogP contribution in [0.25, 0.3) is 0 Å². The zero-order valence-corrected chi connectivity index (χ0v) is 17.8. The Hall–Kier alpha value is -2.86. The van der Waals surface area contributed by atoms with E-state index in [0.717, 1.165) is 28.2 Å². The highest BCUT2D eigenvalue weighted by molar-refractivity contribution is 5.43. The van der Waals surface area contributed by atoms with Crippen molar-refractivity contribution in [2.75, 3.05) is 33.4 Å². The second-order valence-electron chi connectivity index (χ2n) is 7.86. The number of rotatable bonds is 9. The molecule has 0 radical (unpaired) electrons. The molecule has 5 heteroatoms. The number of ether oxygens (including phenoxy) is 3. The van der Waals surface area contributed by atoms with E-state index in [9.17, 15) is 5.11 Å². The number of aliphatic hydroxyl groups is 1. The van der Waals surface area contributed by atoms with E-state index in [4.69, 9.17) is 14.2 Å². The van der Waals surface area contributed by atoms with Crippen LogP contribution in [0.3, 0.4) is 0 Å². The Balaban J connectivity index is 1.33. The Morgan fingerprint density at radius 1 is 0.871 bits per heavy atom. The van der Waals surface area contributed by atoms with Crippen molar-refractivity contribution in [1.82, 2.24) is 4.90 Å². The topological polar surface area (TPSA) is 51.2 Å². The first-order valence-corrected chi connectivity index (χ1v) is 10.7. The smallest absolute Gasteiger partial charge is 0.161 e. The monoisotopic (exact) mass is 419 g/mol. The number of nitrogens with zero attached hydrogens (tertiary/aromatic N) is 1. The van der Waals surface area contributed by atoms with Gasteiger partial charge in [-0.2, -0.15) is 0 Å². The van der Waals surface area contributed by atoms with Crippen LogP contribution in [0.4, 0.5) is 0 Å². The Labute approximate surface area is 183 Å². The molecule has 0 unspecified atom stereocenters. The average molecular weight is 420 g/mol. The number of hydrogen-bond donors (Lipinski definition) is 1. The van der Waals surface area contributed by atoms with Crippen LogP contribution in [0, 0.1) is 0 Å². The van der Waals surface area contributed by atoms with Crippen LogP contribution in [-0.2, 0) is 11.3 Å². The standard InChI is InChI=1S/C26H29NO4/c1-27(17-20-12-13-24-25(16-20)30-15-14-29-24)18-23(28)19-31-26(21-8-4-2-5-9-21)22-10-6-3-7-11-22/h2-13,16,23,26,28H,14-15,17-19H2,1H3/t23-/m0/s1. The Morgan fingerprint density at radius 3 is 2.13 bits per heavy atom. The van der Waals surface area contributed by atoms with Gasteiger partial charge >= 0.3 is 0 Å². The summed E-state index contributed by atoms with van der Waals surface area (Å²) in [7, 11) is 1.99. The number of fused-ring (bicyclic) bond motifs is 1.